The SMILES string of the molecule is CN(CC1CCCOC1)c1nsnc1Cl. The second-order valence-electron chi connectivity index (χ2n) is 3.84. The van der Waals surface area contributed by atoms with E-state index < -0.39 is 0 Å². The average Bonchev–Trinajstić information content (AvgIpc) is 2.66. The molecule has 1 saturated heterocycles. The number of hydrogen-bond acceptors (Lipinski definition) is 5. The molecule has 4 nitrogen and oxygen atoms in total. The second-order valence-corrected chi connectivity index (χ2v) is 4.73. The lowest BCUT2D eigenvalue weighted by Crippen LogP contribution is -2.31. The summed E-state index contributed by atoms with van der Waals surface area (Å²) >= 11 is 7.07. The van der Waals surface area contributed by atoms with Gasteiger partial charge < -0.3 is 9.64 Å². The molecule has 1 aliphatic heterocycles. The Kier molecular flexibility index (Phi) is 3.77. The van der Waals surface area contributed by atoms with E-state index in [1.807, 2.05) is 7.05 Å². The van der Waals surface area contributed by atoms with Crippen molar-refractivity contribution in [2.45, 2.75) is 12.8 Å². The molecule has 84 valence electrons. The average molecular weight is 248 g/mol. The summed E-state index contributed by atoms with van der Waals surface area (Å²) in [7, 11) is 2.00. The summed E-state index contributed by atoms with van der Waals surface area (Å²) in [4.78, 5) is 2.06. The van der Waals surface area contributed by atoms with Crippen LogP contribution in [0.1, 0.15) is 12.8 Å². The normalized spacial score (nSPS) is 21.6. The molecular formula is C9H14ClN3OS. The Hall–Kier alpha value is -0.390. The van der Waals surface area contributed by atoms with Crippen LogP contribution in [0.15, 0.2) is 0 Å². The van der Waals surface area contributed by atoms with Crippen molar-refractivity contribution in [2.75, 3.05) is 31.7 Å². The number of ether oxygens (including phenoxy) is 1. The van der Waals surface area contributed by atoms with Crippen LogP contribution >= 0.6 is 23.3 Å². The van der Waals surface area contributed by atoms with Crippen LogP contribution in [0.5, 0.6) is 0 Å². The summed E-state index contributed by atoms with van der Waals surface area (Å²) in [6.45, 7) is 2.68. The topological polar surface area (TPSA) is 38.2 Å². The minimum atomic E-state index is 0.499. The predicted octanol–water partition coefficient (Wildman–Crippen LogP) is 2.05. The molecule has 1 aromatic heterocycles. The highest BCUT2D eigenvalue weighted by Gasteiger charge is 2.18. The lowest BCUT2D eigenvalue weighted by Gasteiger charge is -2.26. The molecular weight excluding hydrogens is 234 g/mol. The zero-order valence-electron chi connectivity index (χ0n) is 8.65. The van der Waals surface area contributed by atoms with Crippen molar-refractivity contribution < 1.29 is 4.74 Å². The summed E-state index contributed by atoms with van der Waals surface area (Å²) in [5.41, 5.74) is 0. The largest absolute Gasteiger partial charge is 0.381 e. The maximum atomic E-state index is 5.92. The van der Waals surface area contributed by atoms with Gasteiger partial charge in [0.15, 0.2) is 11.0 Å². The summed E-state index contributed by atoms with van der Waals surface area (Å²) in [6.07, 6.45) is 2.38. The van der Waals surface area contributed by atoms with Crippen LogP contribution in [0.3, 0.4) is 0 Å². The zero-order valence-corrected chi connectivity index (χ0v) is 10.2. The molecule has 1 aromatic rings. The molecule has 0 radical (unpaired) electrons. The van der Waals surface area contributed by atoms with Crippen molar-refractivity contribution >= 4 is 29.1 Å². The van der Waals surface area contributed by atoms with E-state index in [1.165, 1.54) is 6.42 Å². The fourth-order valence-corrected chi connectivity index (χ4v) is 2.65. The molecule has 0 aromatic carbocycles. The van der Waals surface area contributed by atoms with E-state index in [1.54, 1.807) is 0 Å². The molecule has 6 heteroatoms. The third-order valence-corrected chi connectivity index (χ3v) is 3.45. The third kappa shape index (κ3) is 2.80. The van der Waals surface area contributed by atoms with Crippen molar-refractivity contribution in [1.82, 2.24) is 8.75 Å². The zero-order chi connectivity index (χ0) is 10.7. The van der Waals surface area contributed by atoms with Crippen LogP contribution in [0.2, 0.25) is 5.15 Å². The first kappa shape index (κ1) is 11.1. The highest BCUT2D eigenvalue weighted by atomic mass is 35.5. The van der Waals surface area contributed by atoms with Crippen molar-refractivity contribution in [3.05, 3.63) is 5.15 Å². The predicted molar refractivity (Wildman–Crippen MR) is 61.7 cm³/mol. The first-order chi connectivity index (χ1) is 7.27. The van der Waals surface area contributed by atoms with Gasteiger partial charge in [-0.3, -0.25) is 0 Å². The van der Waals surface area contributed by atoms with E-state index in [0.29, 0.717) is 11.1 Å². The number of hydrogen-bond donors (Lipinski definition) is 0. The van der Waals surface area contributed by atoms with Crippen LogP contribution in [-0.2, 0) is 4.74 Å². The number of anilines is 1. The number of aromatic nitrogens is 2. The summed E-state index contributed by atoms with van der Waals surface area (Å²) in [6, 6.07) is 0. The van der Waals surface area contributed by atoms with Crippen molar-refractivity contribution in [2.24, 2.45) is 5.92 Å². The van der Waals surface area contributed by atoms with Crippen LogP contribution in [0.4, 0.5) is 5.82 Å². The van der Waals surface area contributed by atoms with Crippen molar-refractivity contribution in [3.8, 4) is 0 Å². The Bertz CT molecular complexity index is 314. The molecule has 15 heavy (non-hydrogen) atoms. The maximum absolute atomic E-state index is 5.92. The molecule has 2 heterocycles. The van der Waals surface area contributed by atoms with Gasteiger partial charge in [0.25, 0.3) is 0 Å². The summed E-state index contributed by atoms with van der Waals surface area (Å²) in [5.74, 6) is 1.37. The van der Waals surface area contributed by atoms with Gasteiger partial charge in [-0.15, -0.1) is 0 Å². The number of rotatable bonds is 3. The van der Waals surface area contributed by atoms with Crippen molar-refractivity contribution in [3.63, 3.8) is 0 Å². The highest BCUT2D eigenvalue weighted by Crippen LogP contribution is 2.24. The van der Waals surface area contributed by atoms with Gasteiger partial charge in [0.05, 0.1) is 18.3 Å². The van der Waals surface area contributed by atoms with Gasteiger partial charge in [-0.05, 0) is 18.8 Å². The Balaban J connectivity index is 1.91. The molecule has 0 amide bonds. The molecule has 0 N–H and O–H groups in total. The van der Waals surface area contributed by atoms with Gasteiger partial charge in [-0.25, -0.2) is 0 Å². The quantitative estimate of drug-likeness (QED) is 0.820. The van der Waals surface area contributed by atoms with Crippen LogP contribution in [0.25, 0.3) is 0 Å². The molecule has 1 fully saturated rings. The van der Waals surface area contributed by atoms with E-state index in [0.717, 1.165) is 43.7 Å². The second kappa shape index (κ2) is 5.09. The van der Waals surface area contributed by atoms with E-state index in [2.05, 4.69) is 13.6 Å². The fourth-order valence-electron chi connectivity index (χ4n) is 1.83. The number of nitrogens with zero attached hydrogens (tertiary/aromatic N) is 3. The van der Waals surface area contributed by atoms with E-state index >= 15 is 0 Å². The molecule has 1 aliphatic rings. The molecule has 1 unspecified atom stereocenters. The van der Waals surface area contributed by atoms with Gasteiger partial charge in [0.1, 0.15) is 0 Å². The maximum Gasteiger partial charge on any atom is 0.187 e. The third-order valence-electron chi connectivity index (χ3n) is 2.58. The number of halogens is 1. The lowest BCUT2D eigenvalue weighted by molar-refractivity contribution is 0.0576. The van der Waals surface area contributed by atoms with Gasteiger partial charge in [-0.2, -0.15) is 8.75 Å². The first-order valence-corrected chi connectivity index (χ1v) is 6.15. The van der Waals surface area contributed by atoms with Crippen LogP contribution in [0, 0.1) is 5.92 Å². The fraction of sp³-hybridized carbons (Fsp3) is 0.778. The Morgan fingerprint density at radius 2 is 2.47 bits per heavy atom. The van der Waals surface area contributed by atoms with Crippen LogP contribution in [-0.4, -0.2) is 35.6 Å². The minimum absolute atomic E-state index is 0.499. The molecule has 0 aliphatic carbocycles. The molecule has 0 spiro atoms. The van der Waals surface area contributed by atoms with Crippen molar-refractivity contribution in [1.29, 1.82) is 0 Å². The Morgan fingerprint density at radius 3 is 3.07 bits per heavy atom. The summed E-state index contributed by atoms with van der Waals surface area (Å²) in [5, 5.41) is 0.499. The molecule has 2 rings (SSSR count). The van der Waals surface area contributed by atoms with E-state index in [-0.39, 0.29) is 0 Å². The smallest absolute Gasteiger partial charge is 0.187 e. The van der Waals surface area contributed by atoms with Gasteiger partial charge in [0, 0.05) is 20.2 Å². The van der Waals surface area contributed by atoms with Crippen LogP contribution < -0.4 is 4.90 Å². The van der Waals surface area contributed by atoms with E-state index in [4.69, 9.17) is 16.3 Å². The standard InChI is InChI=1S/C9H14ClN3OS/c1-13(9-8(10)11-15-12-9)5-7-3-2-4-14-6-7/h7H,2-6H2,1H3. The van der Waals surface area contributed by atoms with Gasteiger partial charge in [0.2, 0.25) is 0 Å². The van der Waals surface area contributed by atoms with Gasteiger partial charge in [-0.1, -0.05) is 11.6 Å². The highest BCUT2D eigenvalue weighted by molar-refractivity contribution is 6.99. The Morgan fingerprint density at radius 1 is 1.60 bits per heavy atom. The summed E-state index contributed by atoms with van der Waals surface area (Å²) < 4.78 is 13.6. The lowest BCUT2D eigenvalue weighted by atomic mass is 10.0. The van der Waals surface area contributed by atoms with E-state index in [9.17, 15) is 0 Å². The monoisotopic (exact) mass is 247 g/mol. The molecule has 0 bridgehead atoms. The Labute approximate surface area is 98.5 Å². The molecule has 0 saturated carbocycles. The molecule has 1 atom stereocenters. The first-order valence-electron chi connectivity index (χ1n) is 5.04. The van der Waals surface area contributed by atoms with Gasteiger partial charge >= 0.3 is 0 Å². The minimum Gasteiger partial charge on any atom is -0.381 e.